The largest absolute Gasteiger partial charge is 0.490 e. The molecule has 0 saturated heterocycles. The van der Waals surface area contributed by atoms with Crippen molar-refractivity contribution in [1.82, 2.24) is 19.5 Å². The van der Waals surface area contributed by atoms with Gasteiger partial charge in [0.05, 0.1) is 18.4 Å². The van der Waals surface area contributed by atoms with Crippen LogP contribution in [0, 0.1) is 0 Å². The summed E-state index contributed by atoms with van der Waals surface area (Å²) in [6.07, 6.45) is 9.66. The molecule has 5 nitrogen and oxygen atoms in total. The smallest absolute Gasteiger partial charge is 0.160 e. The molecule has 0 spiro atoms. The number of thioether (sulfide) groups is 1. The van der Waals surface area contributed by atoms with E-state index in [1.165, 1.54) is 5.56 Å². The SMILES string of the molecule is CCCc1cnc2c(c1)nc(-c1ccncc1OCCSC)n2C. The van der Waals surface area contributed by atoms with Gasteiger partial charge < -0.3 is 9.30 Å². The molecule has 0 bridgehead atoms. The van der Waals surface area contributed by atoms with E-state index in [1.807, 2.05) is 23.9 Å². The van der Waals surface area contributed by atoms with Gasteiger partial charge in [0.1, 0.15) is 17.1 Å². The average Bonchev–Trinajstić information content (AvgIpc) is 2.92. The van der Waals surface area contributed by atoms with Crippen molar-refractivity contribution in [2.45, 2.75) is 19.8 Å². The maximum atomic E-state index is 5.89. The first-order chi connectivity index (χ1) is 11.7. The van der Waals surface area contributed by atoms with Gasteiger partial charge in [-0.3, -0.25) is 4.98 Å². The number of ether oxygens (including phenoxy) is 1. The minimum Gasteiger partial charge on any atom is -0.490 e. The molecule has 0 unspecified atom stereocenters. The average molecular weight is 342 g/mol. The Balaban J connectivity index is 2.01. The predicted molar refractivity (Wildman–Crippen MR) is 99.6 cm³/mol. The first-order valence-electron chi connectivity index (χ1n) is 8.12. The van der Waals surface area contributed by atoms with Gasteiger partial charge in [0.15, 0.2) is 5.65 Å². The quantitative estimate of drug-likeness (QED) is 0.613. The monoisotopic (exact) mass is 342 g/mol. The second kappa shape index (κ2) is 7.66. The van der Waals surface area contributed by atoms with E-state index < -0.39 is 0 Å². The van der Waals surface area contributed by atoms with Gasteiger partial charge in [-0.2, -0.15) is 11.8 Å². The highest BCUT2D eigenvalue weighted by atomic mass is 32.2. The topological polar surface area (TPSA) is 52.8 Å². The van der Waals surface area contributed by atoms with Gasteiger partial charge >= 0.3 is 0 Å². The molecule has 0 aliphatic rings. The van der Waals surface area contributed by atoms with Crippen molar-refractivity contribution < 1.29 is 4.74 Å². The Bertz CT molecular complexity index is 831. The summed E-state index contributed by atoms with van der Waals surface area (Å²) in [6.45, 7) is 2.83. The van der Waals surface area contributed by atoms with Crippen LogP contribution in [0.25, 0.3) is 22.6 Å². The number of nitrogens with zero attached hydrogens (tertiary/aromatic N) is 4. The Hall–Kier alpha value is -2.08. The fourth-order valence-corrected chi connectivity index (χ4v) is 2.95. The minimum atomic E-state index is 0.655. The lowest BCUT2D eigenvalue weighted by molar-refractivity contribution is 0.344. The number of fused-ring (bicyclic) bond motifs is 1. The lowest BCUT2D eigenvalue weighted by Gasteiger charge is -2.10. The zero-order chi connectivity index (χ0) is 16.9. The summed E-state index contributed by atoms with van der Waals surface area (Å²) < 4.78 is 7.90. The third kappa shape index (κ3) is 3.38. The standard InChI is InChI=1S/C18H22N4OS/c1-4-5-13-10-15-18(20-11-13)22(2)17(21-15)14-6-7-19-12-16(14)23-8-9-24-3/h6-7,10-12H,4-5,8-9H2,1-3H3. The minimum absolute atomic E-state index is 0.655. The second-order valence-corrected chi connectivity index (χ2v) is 6.63. The Morgan fingerprint density at radius 1 is 1.29 bits per heavy atom. The number of pyridine rings is 2. The van der Waals surface area contributed by atoms with Crippen LogP contribution in [0.4, 0.5) is 0 Å². The zero-order valence-electron chi connectivity index (χ0n) is 14.3. The molecular formula is C18H22N4OS. The molecule has 0 atom stereocenters. The number of hydrogen-bond donors (Lipinski definition) is 0. The van der Waals surface area contributed by atoms with Crippen molar-refractivity contribution in [2.75, 3.05) is 18.6 Å². The zero-order valence-corrected chi connectivity index (χ0v) is 15.1. The van der Waals surface area contributed by atoms with Crippen LogP contribution in [-0.2, 0) is 13.5 Å². The maximum absolute atomic E-state index is 5.89. The van der Waals surface area contributed by atoms with E-state index >= 15 is 0 Å². The normalized spacial score (nSPS) is 11.1. The van der Waals surface area contributed by atoms with Crippen LogP contribution in [0.1, 0.15) is 18.9 Å². The molecule has 0 fully saturated rings. The predicted octanol–water partition coefficient (Wildman–Crippen LogP) is 3.72. The maximum Gasteiger partial charge on any atom is 0.160 e. The molecule has 126 valence electrons. The van der Waals surface area contributed by atoms with Gasteiger partial charge in [-0.15, -0.1) is 0 Å². The highest BCUT2D eigenvalue weighted by Gasteiger charge is 2.15. The summed E-state index contributed by atoms with van der Waals surface area (Å²) in [5, 5.41) is 0. The van der Waals surface area contributed by atoms with Crippen LogP contribution in [0.3, 0.4) is 0 Å². The molecule has 6 heteroatoms. The van der Waals surface area contributed by atoms with E-state index in [2.05, 4.69) is 29.2 Å². The van der Waals surface area contributed by atoms with E-state index in [4.69, 9.17) is 9.72 Å². The molecule has 3 heterocycles. The summed E-state index contributed by atoms with van der Waals surface area (Å²) in [5.41, 5.74) is 3.98. The number of hydrogen-bond acceptors (Lipinski definition) is 5. The molecule has 3 aromatic heterocycles. The first kappa shape index (κ1) is 16.8. The number of rotatable bonds is 7. The van der Waals surface area contributed by atoms with Gasteiger partial charge in [-0.05, 0) is 30.4 Å². The summed E-state index contributed by atoms with van der Waals surface area (Å²) in [7, 11) is 1.99. The van der Waals surface area contributed by atoms with Crippen LogP contribution in [0.2, 0.25) is 0 Å². The summed E-state index contributed by atoms with van der Waals surface area (Å²) in [5.74, 6) is 2.56. The fourth-order valence-electron chi connectivity index (χ4n) is 2.70. The molecule has 0 aromatic carbocycles. The van der Waals surface area contributed by atoms with Crippen molar-refractivity contribution in [2.24, 2.45) is 7.05 Å². The third-order valence-electron chi connectivity index (χ3n) is 3.87. The van der Waals surface area contributed by atoms with Crippen LogP contribution in [-0.4, -0.2) is 38.1 Å². The van der Waals surface area contributed by atoms with Crippen molar-refractivity contribution in [1.29, 1.82) is 0 Å². The van der Waals surface area contributed by atoms with Gasteiger partial charge in [0.2, 0.25) is 0 Å². The van der Waals surface area contributed by atoms with Crippen molar-refractivity contribution in [3.8, 4) is 17.1 Å². The van der Waals surface area contributed by atoms with Crippen LogP contribution >= 0.6 is 11.8 Å². The molecule has 3 rings (SSSR count). The van der Waals surface area contributed by atoms with E-state index in [0.717, 1.165) is 46.9 Å². The van der Waals surface area contributed by atoms with E-state index in [0.29, 0.717) is 6.61 Å². The number of aromatic nitrogens is 4. The molecule has 0 radical (unpaired) electrons. The molecule has 0 aliphatic heterocycles. The summed E-state index contributed by atoms with van der Waals surface area (Å²) in [6, 6.07) is 4.08. The highest BCUT2D eigenvalue weighted by molar-refractivity contribution is 7.98. The Morgan fingerprint density at radius 2 is 2.17 bits per heavy atom. The van der Waals surface area contributed by atoms with Gasteiger partial charge in [-0.1, -0.05) is 13.3 Å². The Kier molecular flexibility index (Phi) is 5.35. The Labute approximate surface area is 146 Å². The molecule has 0 amide bonds. The first-order valence-corrected chi connectivity index (χ1v) is 9.51. The molecule has 24 heavy (non-hydrogen) atoms. The van der Waals surface area contributed by atoms with Crippen LogP contribution < -0.4 is 4.74 Å². The van der Waals surface area contributed by atoms with Crippen LogP contribution in [0.15, 0.2) is 30.7 Å². The van der Waals surface area contributed by atoms with E-state index in [-0.39, 0.29) is 0 Å². The van der Waals surface area contributed by atoms with Gasteiger partial charge in [0.25, 0.3) is 0 Å². The molecule has 0 N–H and O–H groups in total. The van der Waals surface area contributed by atoms with E-state index in [9.17, 15) is 0 Å². The summed E-state index contributed by atoms with van der Waals surface area (Å²) >= 11 is 1.76. The molecule has 0 aliphatic carbocycles. The lowest BCUT2D eigenvalue weighted by Crippen LogP contribution is -2.03. The van der Waals surface area contributed by atoms with Crippen molar-refractivity contribution in [3.05, 3.63) is 36.3 Å². The van der Waals surface area contributed by atoms with E-state index in [1.54, 1.807) is 24.2 Å². The number of aryl methyl sites for hydroxylation is 2. The molecular weight excluding hydrogens is 320 g/mol. The molecule has 3 aromatic rings. The van der Waals surface area contributed by atoms with Gasteiger partial charge in [-0.25, -0.2) is 9.97 Å². The Morgan fingerprint density at radius 3 is 2.96 bits per heavy atom. The second-order valence-electron chi connectivity index (χ2n) is 5.64. The summed E-state index contributed by atoms with van der Waals surface area (Å²) in [4.78, 5) is 13.6. The van der Waals surface area contributed by atoms with Crippen molar-refractivity contribution >= 4 is 22.9 Å². The molecule has 0 saturated carbocycles. The van der Waals surface area contributed by atoms with Gasteiger partial charge in [0, 0.05) is 25.2 Å². The fraction of sp³-hybridized carbons (Fsp3) is 0.389. The third-order valence-corrected chi connectivity index (χ3v) is 4.45. The number of imidazole rings is 1. The van der Waals surface area contributed by atoms with Crippen LogP contribution in [0.5, 0.6) is 5.75 Å². The van der Waals surface area contributed by atoms with Crippen molar-refractivity contribution in [3.63, 3.8) is 0 Å². The lowest BCUT2D eigenvalue weighted by atomic mass is 10.2. The highest BCUT2D eigenvalue weighted by Crippen LogP contribution is 2.30.